The fourth-order valence-corrected chi connectivity index (χ4v) is 4.01. The molecule has 0 aliphatic rings. The van der Waals surface area contributed by atoms with Gasteiger partial charge in [-0.15, -0.1) is 0 Å². The number of anilines is 1. The van der Waals surface area contributed by atoms with Crippen LogP contribution in [0, 0.1) is 0 Å². The highest BCUT2D eigenvalue weighted by Crippen LogP contribution is 2.15. The Balaban J connectivity index is 2.09. The fraction of sp³-hybridized carbons (Fsp3) is 0.176. The van der Waals surface area contributed by atoms with Crippen LogP contribution >= 0.6 is 0 Å². The molecule has 0 aliphatic heterocycles. The van der Waals surface area contributed by atoms with E-state index in [2.05, 4.69) is 5.32 Å². The Morgan fingerprint density at radius 2 is 1.44 bits per heavy atom. The van der Waals surface area contributed by atoms with Crippen molar-refractivity contribution >= 4 is 37.4 Å². The van der Waals surface area contributed by atoms with Crippen LogP contribution in [0.3, 0.4) is 0 Å². The summed E-state index contributed by atoms with van der Waals surface area (Å²) in [6.07, 6.45) is 1.13. The Morgan fingerprint density at radius 1 is 0.889 bits per heavy atom. The van der Waals surface area contributed by atoms with Gasteiger partial charge in [0, 0.05) is 24.4 Å². The van der Waals surface area contributed by atoms with E-state index in [9.17, 15) is 26.4 Å². The van der Waals surface area contributed by atoms with Gasteiger partial charge < -0.3 is 5.32 Å². The Hall–Kier alpha value is -2.72. The smallest absolute Gasteiger partial charge is 0.264 e. The largest absolute Gasteiger partial charge is 0.322 e. The van der Waals surface area contributed by atoms with Crippen molar-refractivity contribution in [3.63, 3.8) is 0 Å². The minimum absolute atomic E-state index is 0.110. The summed E-state index contributed by atoms with van der Waals surface area (Å²) < 4.78 is 48.1. The molecule has 2 amide bonds. The van der Waals surface area contributed by atoms with Gasteiger partial charge in [0.2, 0.25) is 5.91 Å². The average molecular weight is 410 g/mol. The van der Waals surface area contributed by atoms with Gasteiger partial charge in [0.1, 0.15) is 0 Å². The van der Waals surface area contributed by atoms with E-state index >= 15 is 0 Å². The SMILES string of the molecule is CC(=O)NS(=O)(=O)c1ccc(NC(=O)c2ccc(CS(C)(=O)=O)cc2)cc1. The molecule has 0 fully saturated rings. The summed E-state index contributed by atoms with van der Waals surface area (Å²) in [5.41, 5.74) is 1.26. The second kappa shape index (κ2) is 7.89. The summed E-state index contributed by atoms with van der Waals surface area (Å²) in [6, 6.07) is 11.4. The molecule has 2 N–H and O–H groups in total. The lowest BCUT2D eigenvalue weighted by Gasteiger charge is -2.08. The monoisotopic (exact) mass is 410 g/mol. The highest BCUT2D eigenvalue weighted by Gasteiger charge is 2.15. The summed E-state index contributed by atoms with van der Waals surface area (Å²) in [7, 11) is -7.10. The first-order valence-electron chi connectivity index (χ1n) is 7.68. The highest BCUT2D eigenvalue weighted by molar-refractivity contribution is 7.90. The van der Waals surface area contributed by atoms with E-state index < -0.39 is 31.7 Å². The van der Waals surface area contributed by atoms with Crippen LogP contribution in [0.2, 0.25) is 0 Å². The first kappa shape index (κ1) is 20.6. The molecule has 0 bridgehead atoms. The van der Waals surface area contributed by atoms with E-state index in [1.54, 1.807) is 12.1 Å². The van der Waals surface area contributed by atoms with Gasteiger partial charge in [0.15, 0.2) is 9.84 Å². The van der Waals surface area contributed by atoms with Crippen molar-refractivity contribution < 1.29 is 26.4 Å². The molecule has 144 valence electrons. The zero-order chi connectivity index (χ0) is 20.2. The zero-order valence-corrected chi connectivity index (χ0v) is 16.2. The number of hydrogen-bond acceptors (Lipinski definition) is 6. The molecule has 0 unspecified atom stereocenters. The highest BCUT2D eigenvalue weighted by atomic mass is 32.2. The lowest BCUT2D eigenvalue weighted by Crippen LogP contribution is -2.28. The summed E-state index contributed by atoms with van der Waals surface area (Å²) in [6.45, 7) is 1.09. The molecule has 0 saturated heterocycles. The van der Waals surface area contributed by atoms with Crippen LogP contribution in [-0.4, -0.2) is 34.9 Å². The van der Waals surface area contributed by atoms with Gasteiger partial charge in [-0.05, 0) is 42.0 Å². The Bertz CT molecular complexity index is 1060. The van der Waals surface area contributed by atoms with Gasteiger partial charge in [-0.1, -0.05) is 12.1 Å². The van der Waals surface area contributed by atoms with Crippen molar-refractivity contribution in [1.82, 2.24) is 4.72 Å². The summed E-state index contributed by atoms with van der Waals surface area (Å²) in [5.74, 6) is -1.25. The first-order valence-corrected chi connectivity index (χ1v) is 11.2. The second-order valence-corrected chi connectivity index (χ2v) is 9.73. The number of sulfonamides is 1. The van der Waals surface area contributed by atoms with E-state index in [0.29, 0.717) is 16.8 Å². The van der Waals surface area contributed by atoms with Crippen molar-refractivity contribution in [2.45, 2.75) is 17.6 Å². The van der Waals surface area contributed by atoms with E-state index in [4.69, 9.17) is 0 Å². The maximum atomic E-state index is 12.2. The van der Waals surface area contributed by atoms with Gasteiger partial charge in [-0.3, -0.25) is 9.59 Å². The summed E-state index contributed by atoms with van der Waals surface area (Å²) in [5, 5.41) is 2.61. The maximum absolute atomic E-state index is 12.2. The third-order valence-corrected chi connectivity index (χ3v) is 5.65. The number of benzene rings is 2. The van der Waals surface area contributed by atoms with Gasteiger partial charge in [-0.2, -0.15) is 0 Å². The molecule has 0 radical (unpaired) electrons. The molecule has 0 spiro atoms. The molecule has 2 aromatic carbocycles. The van der Waals surface area contributed by atoms with Crippen molar-refractivity contribution in [2.24, 2.45) is 0 Å². The second-order valence-electron chi connectivity index (χ2n) is 5.91. The predicted octanol–water partition coefficient (Wildman–Crippen LogP) is 1.31. The number of rotatable bonds is 6. The van der Waals surface area contributed by atoms with Crippen molar-refractivity contribution in [1.29, 1.82) is 0 Å². The molecule has 8 nitrogen and oxygen atoms in total. The quantitative estimate of drug-likeness (QED) is 0.739. The molecule has 2 aromatic rings. The third kappa shape index (κ3) is 6.19. The topological polar surface area (TPSA) is 126 Å². The van der Waals surface area contributed by atoms with Gasteiger partial charge in [0.05, 0.1) is 10.6 Å². The molecular weight excluding hydrogens is 392 g/mol. The molecule has 0 aliphatic carbocycles. The van der Waals surface area contributed by atoms with Gasteiger partial charge >= 0.3 is 0 Å². The molecule has 0 atom stereocenters. The first-order chi connectivity index (χ1) is 12.5. The zero-order valence-electron chi connectivity index (χ0n) is 14.6. The van der Waals surface area contributed by atoms with Crippen molar-refractivity contribution in [3.05, 3.63) is 59.7 Å². The number of carbonyl (C=O) groups is 2. The van der Waals surface area contributed by atoms with Crippen LogP contribution in [0.25, 0.3) is 0 Å². The molecule has 27 heavy (non-hydrogen) atoms. The van der Waals surface area contributed by atoms with Crippen LogP contribution in [0.1, 0.15) is 22.8 Å². The maximum Gasteiger partial charge on any atom is 0.264 e. The Morgan fingerprint density at radius 3 is 1.93 bits per heavy atom. The minimum Gasteiger partial charge on any atom is -0.322 e. The van der Waals surface area contributed by atoms with E-state index in [-0.39, 0.29) is 10.6 Å². The van der Waals surface area contributed by atoms with E-state index in [0.717, 1.165) is 13.2 Å². The number of nitrogens with one attached hydrogen (secondary N) is 2. The molecule has 0 aromatic heterocycles. The Labute approximate surface area is 157 Å². The number of sulfone groups is 1. The van der Waals surface area contributed by atoms with Crippen LogP contribution in [-0.2, 0) is 30.4 Å². The summed E-state index contributed by atoms with van der Waals surface area (Å²) >= 11 is 0. The lowest BCUT2D eigenvalue weighted by atomic mass is 10.1. The van der Waals surface area contributed by atoms with Crippen molar-refractivity contribution in [3.8, 4) is 0 Å². The van der Waals surface area contributed by atoms with Crippen LogP contribution in [0.15, 0.2) is 53.4 Å². The normalized spacial score (nSPS) is 11.6. The predicted molar refractivity (Wildman–Crippen MR) is 100 cm³/mol. The molecule has 0 heterocycles. The van der Waals surface area contributed by atoms with Crippen LogP contribution < -0.4 is 10.0 Å². The number of amides is 2. The molecule has 10 heteroatoms. The standard InChI is InChI=1S/C17H18N2O6S2/c1-12(20)19-27(24,25)16-9-7-15(8-10-16)18-17(21)14-5-3-13(4-6-14)11-26(2,22)23/h3-10H,11H2,1-2H3,(H,18,21)(H,19,20). The number of hydrogen-bond donors (Lipinski definition) is 2. The van der Waals surface area contributed by atoms with Crippen molar-refractivity contribution in [2.75, 3.05) is 11.6 Å². The fourth-order valence-electron chi connectivity index (χ4n) is 2.22. The number of carbonyl (C=O) groups excluding carboxylic acids is 2. The van der Waals surface area contributed by atoms with E-state index in [1.807, 2.05) is 4.72 Å². The molecular formula is C17H18N2O6S2. The Kier molecular flexibility index (Phi) is 6.01. The third-order valence-electron chi connectivity index (χ3n) is 3.35. The summed E-state index contributed by atoms with van der Waals surface area (Å²) in [4.78, 5) is 23.0. The van der Waals surface area contributed by atoms with E-state index in [1.165, 1.54) is 36.4 Å². The molecule has 0 saturated carbocycles. The van der Waals surface area contributed by atoms with Crippen LogP contribution in [0.5, 0.6) is 0 Å². The van der Waals surface area contributed by atoms with Crippen LogP contribution in [0.4, 0.5) is 5.69 Å². The minimum atomic E-state index is -3.94. The lowest BCUT2D eigenvalue weighted by molar-refractivity contribution is -0.117. The van der Waals surface area contributed by atoms with Gasteiger partial charge in [-0.25, -0.2) is 21.6 Å². The average Bonchev–Trinajstić information content (AvgIpc) is 2.53. The van der Waals surface area contributed by atoms with Gasteiger partial charge in [0.25, 0.3) is 15.9 Å². The molecule has 2 rings (SSSR count).